The van der Waals surface area contributed by atoms with E-state index in [0.717, 1.165) is 12.1 Å². The van der Waals surface area contributed by atoms with Crippen LogP contribution in [0, 0.1) is 11.3 Å². The van der Waals surface area contributed by atoms with Crippen molar-refractivity contribution >= 4 is 10.9 Å². The lowest BCUT2D eigenvalue weighted by atomic mass is 10.1. The lowest BCUT2D eigenvalue weighted by molar-refractivity contribution is 0.425. The highest BCUT2D eigenvalue weighted by molar-refractivity contribution is 5.83. The Hall–Kier alpha value is -1.79. The predicted molar refractivity (Wildman–Crippen MR) is 74.1 cm³/mol. The van der Waals surface area contributed by atoms with Crippen LogP contribution in [0.3, 0.4) is 0 Å². The zero-order chi connectivity index (χ0) is 13.2. The highest BCUT2D eigenvalue weighted by Crippen LogP contribution is 2.20. The van der Waals surface area contributed by atoms with Crippen LogP contribution in [0.2, 0.25) is 0 Å². The zero-order valence-corrected chi connectivity index (χ0v) is 11.2. The maximum absolute atomic E-state index is 8.86. The van der Waals surface area contributed by atoms with Crippen LogP contribution in [-0.4, -0.2) is 10.1 Å². The van der Waals surface area contributed by atoms with Crippen molar-refractivity contribution in [1.29, 1.82) is 5.26 Å². The van der Waals surface area contributed by atoms with E-state index in [1.165, 1.54) is 10.9 Å². The quantitative estimate of drug-likeness (QED) is 0.897. The number of hydrogen-bond donors (Lipinski definition) is 1. The smallest absolute Gasteiger partial charge is 0.110 e. The van der Waals surface area contributed by atoms with Crippen molar-refractivity contribution in [3.05, 3.63) is 36.0 Å². The average molecular weight is 241 g/mol. The molecule has 1 N–H and O–H groups in total. The Labute approximate surface area is 108 Å². The van der Waals surface area contributed by atoms with E-state index in [2.05, 4.69) is 56.4 Å². The molecule has 94 valence electrons. The number of nitrogens with zero attached hydrogens (tertiary/aromatic N) is 2. The van der Waals surface area contributed by atoms with Gasteiger partial charge in [-0.3, -0.25) is 0 Å². The minimum atomic E-state index is 0.0921. The molecule has 0 fully saturated rings. The molecule has 2 rings (SSSR count). The Kier molecular flexibility index (Phi) is 3.40. The first-order valence-corrected chi connectivity index (χ1v) is 6.20. The number of hydrogen-bond acceptors (Lipinski definition) is 2. The van der Waals surface area contributed by atoms with Crippen molar-refractivity contribution < 1.29 is 0 Å². The second-order valence-corrected chi connectivity index (χ2v) is 5.56. The van der Waals surface area contributed by atoms with Gasteiger partial charge in [-0.2, -0.15) is 5.26 Å². The third-order valence-electron chi connectivity index (χ3n) is 2.92. The van der Waals surface area contributed by atoms with E-state index in [1.54, 1.807) is 0 Å². The van der Waals surface area contributed by atoms with Crippen LogP contribution < -0.4 is 5.32 Å². The third-order valence-corrected chi connectivity index (χ3v) is 2.92. The third kappa shape index (κ3) is 2.72. The standard InChI is InChI=1S/C15H19N3/c1-15(2,3)17-11-13-6-4-5-12-7-9-18(10-8-16)14(12)13/h4-7,9,17H,10-11H2,1-3H3. The summed E-state index contributed by atoms with van der Waals surface area (Å²) in [6, 6.07) is 10.5. The van der Waals surface area contributed by atoms with Crippen LogP contribution in [0.5, 0.6) is 0 Å². The Morgan fingerprint density at radius 3 is 2.72 bits per heavy atom. The molecule has 0 saturated heterocycles. The molecule has 0 aliphatic heterocycles. The van der Waals surface area contributed by atoms with Gasteiger partial charge in [0.05, 0.1) is 11.6 Å². The average Bonchev–Trinajstić information content (AvgIpc) is 2.70. The van der Waals surface area contributed by atoms with Crippen LogP contribution in [-0.2, 0) is 13.1 Å². The maximum atomic E-state index is 8.86. The van der Waals surface area contributed by atoms with Crippen LogP contribution >= 0.6 is 0 Å². The van der Waals surface area contributed by atoms with E-state index in [1.807, 2.05) is 10.8 Å². The van der Waals surface area contributed by atoms with E-state index < -0.39 is 0 Å². The first kappa shape index (κ1) is 12.7. The Bertz CT molecular complexity index is 582. The lowest BCUT2D eigenvalue weighted by Gasteiger charge is -2.21. The number of fused-ring (bicyclic) bond motifs is 1. The molecule has 0 aliphatic carbocycles. The highest BCUT2D eigenvalue weighted by Gasteiger charge is 2.11. The summed E-state index contributed by atoms with van der Waals surface area (Å²) in [5.41, 5.74) is 2.49. The molecule has 1 heterocycles. The molecule has 1 aromatic heterocycles. The Morgan fingerprint density at radius 2 is 2.06 bits per heavy atom. The summed E-state index contributed by atoms with van der Waals surface area (Å²) in [6.07, 6.45) is 1.98. The van der Waals surface area contributed by atoms with E-state index in [4.69, 9.17) is 5.26 Å². The summed E-state index contributed by atoms with van der Waals surface area (Å²) < 4.78 is 2.01. The van der Waals surface area contributed by atoms with E-state index >= 15 is 0 Å². The van der Waals surface area contributed by atoms with E-state index in [0.29, 0.717) is 6.54 Å². The normalized spacial score (nSPS) is 11.7. The second kappa shape index (κ2) is 4.83. The van der Waals surface area contributed by atoms with Gasteiger partial charge in [0, 0.05) is 18.3 Å². The first-order chi connectivity index (χ1) is 8.51. The van der Waals surface area contributed by atoms with Crippen molar-refractivity contribution in [2.24, 2.45) is 0 Å². The van der Waals surface area contributed by atoms with Gasteiger partial charge in [-0.1, -0.05) is 18.2 Å². The van der Waals surface area contributed by atoms with Crippen LogP contribution in [0.1, 0.15) is 26.3 Å². The lowest BCUT2D eigenvalue weighted by Crippen LogP contribution is -2.35. The van der Waals surface area contributed by atoms with Gasteiger partial charge in [-0.25, -0.2) is 0 Å². The summed E-state index contributed by atoms with van der Waals surface area (Å²) in [5.74, 6) is 0. The van der Waals surface area contributed by atoms with Gasteiger partial charge in [0.2, 0.25) is 0 Å². The topological polar surface area (TPSA) is 40.8 Å². The van der Waals surface area contributed by atoms with Crippen molar-refractivity contribution in [1.82, 2.24) is 9.88 Å². The van der Waals surface area contributed by atoms with E-state index in [9.17, 15) is 0 Å². The molecule has 0 atom stereocenters. The Balaban J connectivity index is 2.37. The number of nitriles is 1. The molecule has 3 nitrogen and oxygen atoms in total. The fourth-order valence-electron chi connectivity index (χ4n) is 2.05. The molecular formula is C15H19N3. The molecule has 0 amide bonds. The van der Waals surface area contributed by atoms with Crippen molar-refractivity contribution in [2.75, 3.05) is 0 Å². The summed E-state index contributed by atoms with van der Waals surface area (Å²) >= 11 is 0. The summed E-state index contributed by atoms with van der Waals surface area (Å²) in [4.78, 5) is 0. The Morgan fingerprint density at radius 1 is 1.28 bits per heavy atom. The van der Waals surface area contributed by atoms with Crippen molar-refractivity contribution in [2.45, 2.75) is 39.4 Å². The van der Waals surface area contributed by atoms with Crippen molar-refractivity contribution in [3.8, 4) is 6.07 Å². The zero-order valence-electron chi connectivity index (χ0n) is 11.2. The fourth-order valence-corrected chi connectivity index (χ4v) is 2.05. The molecule has 0 aliphatic rings. The van der Waals surface area contributed by atoms with Gasteiger partial charge in [0.1, 0.15) is 6.54 Å². The van der Waals surface area contributed by atoms with Gasteiger partial charge < -0.3 is 9.88 Å². The van der Waals surface area contributed by atoms with Crippen LogP contribution in [0.4, 0.5) is 0 Å². The van der Waals surface area contributed by atoms with E-state index in [-0.39, 0.29) is 5.54 Å². The molecule has 18 heavy (non-hydrogen) atoms. The van der Waals surface area contributed by atoms with Crippen LogP contribution in [0.25, 0.3) is 10.9 Å². The number of rotatable bonds is 3. The van der Waals surface area contributed by atoms with Crippen LogP contribution in [0.15, 0.2) is 30.5 Å². The molecular weight excluding hydrogens is 222 g/mol. The minimum Gasteiger partial charge on any atom is -0.333 e. The highest BCUT2D eigenvalue weighted by atomic mass is 15.0. The summed E-state index contributed by atoms with van der Waals surface area (Å²) in [7, 11) is 0. The largest absolute Gasteiger partial charge is 0.333 e. The molecule has 0 radical (unpaired) electrons. The molecule has 0 unspecified atom stereocenters. The van der Waals surface area contributed by atoms with Gasteiger partial charge in [0.15, 0.2) is 0 Å². The van der Waals surface area contributed by atoms with Gasteiger partial charge in [0.25, 0.3) is 0 Å². The summed E-state index contributed by atoms with van der Waals surface area (Å²) in [6.45, 7) is 7.68. The second-order valence-electron chi connectivity index (χ2n) is 5.56. The first-order valence-electron chi connectivity index (χ1n) is 6.20. The molecule has 1 aromatic carbocycles. The van der Waals surface area contributed by atoms with Crippen molar-refractivity contribution in [3.63, 3.8) is 0 Å². The molecule has 0 spiro atoms. The maximum Gasteiger partial charge on any atom is 0.110 e. The van der Waals surface area contributed by atoms with Gasteiger partial charge in [-0.05, 0) is 37.8 Å². The van der Waals surface area contributed by atoms with Gasteiger partial charge >= 0.3 is 0 Å². The monoisotopic (exact) mass is 241 g/mol. The SMILES string of the molecule is CC(C)(C)NCc1cccc2ccn(CC#N)c12. The molecule has 3 heteroatoms. The molecule has 0 bridgehead atoms. The molecule has 2 aromatic rings. The number of aromatic nitrogens is 1. The summed E-state index contributed by atoms with van der Waals surface area (Å²) in [5, 5.41) is 13.5. The molecule has 0 saturated carbocycles. The van der Waals surface area contributed by atoms with Gasteiger partial charge in [-0.15, -0.1) is 0 Å². The minimum absolute atomic E-state index is 0.0921. The number of para-hydroxylation sites is 1. The number of nitrogens with one attached hydrogen (secondary N) is 1. The fraction of sp³-hybridized carbons (Fsp3) is 0.400. The number of benzene rings is 1. The predicted octanol–water partition coefficient (Wildman–Crippen LogP) is 3.05.